The summed E-state index contributed by atoms with van der Waals surface area (Å²) in [5, 5.41) is 0. The van der Waals surface area contributed by atoms with Gasteiger partial charge in [-0.05, 0) is 29.9 Å². The van der Waals surface area contributed by atoms with Crippen LogP contribution in [0.25, 0.3) is 0 Å². The van der Waals surface area contributed by atoms with Gasteiger partial charge in [0.2, 0.25) is 0 Å². The standard InChI is InChI=1S/C14H20ClFO/c1-4-8-14(2,10-15)9-11-6-5-7-12(17-3)13(11)16/h5-7H,4,8-10H2,1-3H3. The van der Waals surface area contributed by atoms with E-state index in [4.69, 9.17) is 16.3 Å². The van der Waals surface area contributed by atoms with E-state index in [1.165, 1.54) is 7.11 Å². The first-order chi connectivity index (χ1) is 8.06. The van der Waals surface area contributed by atoms with Crippen LogP contribution in [0.3, 0.4) is 0 Å². The molecule has 1 aromatic carbocycles. The summed E-state index contributed by atoms with van der Waals surface area (Å²) in [5.74, 6) is 0.579. The SMILES string of the molecule is CCCC(C)(CCl)Cc1cccc(OC)c1F. The molecule has 0 saturated heterocycles. The smallest absolute Gasteiger partial charge is 0.168 e. The van der Waals surface area contributed by atoms with Crippen LogP contribution in [-0.4, -0.2) is 13.0 Å². The van der Waals surface area contributed by atoms with Gasteiger partial charge in [-0.2, -0.15) is 0 Å². The Hall–Kier alpha value is -0.760. The Labute approximate surface area is 108 Å². The number of halogens is 2. The lowest BCUT2D eigenvalue weighted by Gasteiger charge is -2.27. The van der Waals surface area contributed by atoms with E-state index in [-0.39, 0.29) is 11.2 Å². The molecule has 1 nitrogen and oxygen atoms in total. The number of hydrogen-bond acceptors (Lipinski definition) is 1. The summed E-state index contributed by atoms with van der Waals surface area (Å²) in [7, 11) is 1.48. The molecule has 0 aliphatic carbocycles. The summed E-state index contributed by atoms with van der Waals surface area (Å²) in [5.41, 5.74) is 0.629. The average Bonchev–Trinajstić information content (AvgIpc) is 2.32. The number of alkyl halides is 1. The Balaban J connectivity index is 2.93. The quantitative estimate of drug-likeness (QED) is 0.687. The molecule has 1 unspecified atom stereocenters. The van der Waals surface area contributed by atoms with E-state index in [2.05, 4.69) is 13.8 Å². The topological polar surface area (TPSA) is 9.23 Å². The van der Waals surface area contributed by atoms with Crippen LogP contribution in [0.4, 0.5) is 4.39 Å². The molecule has 0 N–H and O–H groups in total. The average molecular weight is 259 g/mol. The van der Waals surface area contributed by atoms with Gasteiger partial charge in [-0.1, -0.05) is 32.4 Å². The Kier molecular flexibility index (Phi) is 5.26. The zero-order valence-electron chi connectivity index (χ0n) is 10.7. The molecule has 0 spiro atoms. The highest BCUT2D eigenvalue weighted by atomic mass is 35.5. The van der Waals surface area contributed by atoms with Crippen molar-refractivity contribution in [1.29, 1.82) is 0 Å². The van der Waals surface area contributed by atoms with Gasteiger partial charge in [-0.15, -0.1) is 11.6 Å². The maximum atomic E-state index is 14.0. The van der Waals surface area contributed by atoms with Crippen LogP contribution >= 0.6 is 11.6 Å². The maximum Gasteiger partial charge on any atom is 0.168 e. The van der Waals surface area contributed by atoms with E-state index >= 15 is 0 Å². The second-order valence-corrected chi connectivity index (χ2v) is 5.07. The minimum atomic E-state index is -0.262. The van der Waals surface area contributed by atoms with Crippen molar-refractivity contribution < 1.29 is 9.13 Å². The molecular weight excluding hydrogens is 239 g/mol. The molecule has 96 valence electrons. The third-order valence-electron chi connectivity index (χ3n) is 3.06. The Morgan fingerprint density at radius 2 is 2.12 bits per heavy atom. The van der Waals surface area contributed by atoms with Crippen LogP contribution in [0.2, 0.25) is 0 Å². The molecule has 0 amide bonds. The molecule has 3 heteroatoms. The first kappa shape index (κ1) is 14.3. The van der Waals surface area contributed by atoms with Crippen molar-refractivity contribution in [2.45, 2.75) is 33.1 Å². The third-order valence-corrected chi connectivity index (χ3v) is 3.70. The van der Waals surface area contributed by atoms with Gasteiger partial charge in [0.25, 0.3) is 0 Å². The van der Waals surface area contributed by atoms with E-state index in [1.807, 2.05) is 6.07 Å². The maximum absolute atomic E-state index is 14.0. The van der Waals surface area contributed by atoms with Crippen molar-refractivity contribution in [1.82, 2.24) is 0 Å². The zero-order valence-corrected chi connectivity index (χ0v) is 11.5. The second-order valence-electron chi connectivity index (χ2n) is 4.80. The Morgan fingerprint density at radius 3 is 2.65 bits per heavy atom. The first-order valence-electron chi connectivity index (χ1n) is 5.93. The Bertz CT molecular complexity index is 367. The van der Waals surface area contributed by atoms with Crippen LogP contribution < -0.4 is 4.74 Å². The van der Waals surface area contributed by atoms with E-state index < -0.39 is 0 Å². The van der Waals surface area contributed by atoms with E-state index in [0.29, 0.717) is 23.6 Å². The van der Waals surface area contributed by atoms with E-state index in [9.17, 15) is 4.39 Å². The van der Waals surface area contributed by atoms with Crippen molar-refractivity contribution in [2.75, 3.05) is 13.0 Å². The summed E-state index contributed by atoms with van der Waals surface area (Å²) in [6, 6.07) is 5.26. The highest BCUT2D eigenvalue weighted by Crippen LogP contribution is 2.32. The van der Waals surface area contributed by atoms with Crippen LogP contribution in [0.5, 0.6) is 5.75 Å². The predicted octanol–water partition coefficient (Wildman–Crippen LogP) is 4.42. The molecule has 0 saturated carbocycles. The second kappa shape index (κ2) is 6.25. The largest absolute Gasteiger partial charge is 0.494 e. The molecule has 0 aromatic heterocycles. The lowest BCUT2D eigenvalue weighted by Crippen LogP contribution is -2.22. The van der Waals surface area contributed by atoms with Gasteiger partial charge in [0.1, 0.15) is 0 Å². The number of rotatable bonds is 6. The molecule has 1 aromatic rings. The number of hydrogen-bond donors (Lipinski definition) is 0. The number of methoxy groups -OCH3 is 1. The molecule has 0 radical (unpaired) electrons. The van der Waals surface area contributed by atoms with Crippen LogP contribution in [-0.2, 0) is 6.42 Å². The van der Waals surface area contributed by atoms with Gasteiger partial charge in [-0.3, -0.25) is 0 Å². The molecule has 0 heterocycles. The molecule has 1 rings (SSSR count). The van der Waals surface area contributed by atoms with Gasteiger partial charge in [0.05, 0.1) is 7.11 Å². The monoisotopic (exact) mass is 258 g/mol. The third kappa shape index (κ3) is 3.60. The molecule has 0 aliphatic rings. The van der Waals surface area contributed by atoms with Gasteiger partial charge >= 0.3 is 0 Å². The van der Waals surface area contributed by atoms with Gasteiger partial charge in [-0.25, -0.2) is 4.39 Å². The van der Waals surface area contributed by atoms with Crippen molar-refractivity contribution in [3.63, 3.8) is 0 Å². The summed E-state index contributed by atoms with van der Waals surface area (Å²) < 4.78 is 19.0. The van der Waals surface area contributed by atoms with Crippen molar-refractivity contribution >= 4 is 11.6 Å². The molecule has 0 fully saturated rings. The minimum absolute atomic E-state index is 0.0521. The highest BCUT2D eigenvalue weighted by Gasteiger charge is 2.24. The molecule has 17 heavy (non-hydrogen) atoms. The molecule has 0 aliphatic heterocycles. The van der Waals surface area contributed by atoms with Gasteiger partial charge in [0.15, 0.2) is 11.6 Å². The first-order valence-corrected chi connectivity index (χ1v) is 6.47. The molecule has 0 bridgehead atoms. The van der Waals surface area contributed by atoms with Crippen molar-refractivity contribution in [3.05, 3.63) is 29.6 Å². The van der Waals surface area contributed by atoms with E-state index in [0.717, 1.165) is 12.8 Å². The fourth-order valence-corrected chi connectivity index (χ4v) is 2.34. The van der Waals surface area contributed by atoms with Gasteiger partial charge < -0.3 is 4.74 Å². The van der Waals surface area contributed by atoms with Crippen LogP contribution in [0.1, 0.15) is 32.3 Å². The summed E-state index contributed by atoms with van der Waals surface area (Å²) in [6.07, 6.45) is 2.69. The van der Waals surface area contributed by atoms with E-state index in [1.54, 1.807) is 12.1 Å². The fraction of sp³-hybridized carbons (Fsp3) is 0.571. The van der Waals surface area contributed by atoms with Crippen LogP contribution in [0.15, 0.2) is 18.2 Å². The molecular formula is C14H20ClFO. The normalized spacial score (nSPS) is 14.4. The zero-order chi connectivity index (χ0) is 12.9. The van der Waals surface area contributed by atoms with Crippen molar-refractivity contribution in [3.8, 4) is 5.75 Å². The Morgan fingerprint density at radius 1 is 1.41 bits per heavy atom. The van der Waals surface area contributed by atoms with Crippen LogP contribution in [0, 0.1) is 11.2 Å². The van der Waals surface area contributed by atoms with Crippen molar-refractivity contribution in [2.24, 2.45) is 5.41 Å². The fourth-order valence-electron chi connectivity index (χ4n) is 2.12. The predicted molar refractivity (Wildman–Crippen MR) is 70.4 cm³/mol. The summed E-state index contributed by atoms with van der Waals surface area (Å²) >= 11 is 6.01. The summed E-state index contributed by atoms with van der Waals surface area (Å²) in [6.45, 7) is 4.22. The highest BCUT2D eigenvalue weighted by molar-refractivity contribution is 6.18. The van der Waals surface area contributed by atoms with Gasteiger partial charge in [0, 0.05) is 5.88 Å². The number of ether oxygens (including phenoxy) is 1. The minimum Gasteiger partial charge on any atom is -0.494 e. The lowest BCUT2D eigenvalue weighted by atomic mass is 9.81. The number of benzene rings is 1. The summed E-state index contributed by atoms with van der Waals surface area (Å²) in [4.78, 5) is 0. The molecule has 1 atom stereocenters. The lowest BCUT2D eigenvalue weighted by molar-refractivity contribution is 0.325.